The molecule has 6 heteroatoms. The van der Waals surface area contributed by atoms with Crippen LogP contribution in [0.1, 0.15) is 0 Å². The number of ether oxygens (including phenoxy) is 3. The summed E-state index contributed by atoms with van der Waals surface area (Å²) in [7, 11) is 3.50. The highest BCUT2D eigenvalue weighted by Crippen LogP contribution is 2.31. The summed E-state index contributed by atoms with van der Waals surface area (Å²) in [6.07, 6.45) is 1.60. The molecule has 0 spiro atoms. The lowest BCUT2D eigenvalue weighted by Crippen LogP contribution is -2.40. The fourth-order valence-electron chi connectivity index (χ4n) is 2.17. The highest BCUT2D eigenvalue weighted by molar-refractivity contribution is 5.41. The largest absolute Gasteiger partial charge is 0.486 e. The molecule has 0 N–H and O–H groups in total. The summed E-state index contributed by atoms with van der Waals surface area (Å²) in [4.78, 5) is 10.5. The van der Waals surface area contributed by atoms with Crippen molar-refractivity contribution < 1.29 is 14.2 Å². The molecule has 0 radical (unpaired) electrons. The monoisotopic (exact) mass is 287 g/mol. The summed E-state index contributed by atoms with van der Waals surface area (Å²) in [6.45, 7) is 1.13. The number of rotatable bonds is 4. The second kappa shape index (κ2) is 5.87. The molecule has 1 aliphatic heterocycles. The molecule has 0 saturated carbocycles. The molecule has 0 fully saturated rings. The SMILES string of the molecule is COc1ccnc(N(C)CC2COc3ccccc3O2)n1. The van der Waals surface area contributed by atoms with Gasteiger partial charge in [-0.1, -0.05) is 12.1 Å². The minimum atomic E-state index is -0.0697. The predicted octanol–water partition coefficient (Wildman–Crippen LogP) is 1.76. The molecule has 6 nitrogen and oxygen atoms in total. The van der Waals surface area contributed by atoms with Gasteiger partial charge in [0.2, 0.25) is 11.8 Å². The summed E-state index contributed by atoms with van der Waals surface area (Å²) < 4.78 is 16.7. The summed E-state index contributed by atoms with van der Waals surface area (Å²) in [6, 6.07) is 9.38. The zero-order chi connectivity index (χ0) is 14.7. The van der Waals surface area contributed by atoms with Gasteiger partial charge in [-0.05, 0) is 12.1 Å². The topological polar surface area (TPSA) is 56.7 Å². The van der Waals surface area contributed by atoms with E-state index in [1.165, 1.54) is 0 Å². The molecule has 0 bridgehead atoms. The van der Waals surface area contributed by atoms with Crippen molar-refractivity contribution in [3.63, 3.8) is 0 Å². The van der Waals surface area contributed by atoms with Crippen molar-refractivity contribution in [1.29, 1.82) is 0 Å². The van der Waals surface area contributed by atoms with Crippen LogP contribution in [0.5, 0.6) is 17.4 Å². The van der Waals surface area contributed by atoms with Crippen LogP contribution >= 0.6 is 0 Å². The smallest absolute Gasteiger partial charge is 0.228 e. The van der Waals surface area contributed by atoms with Gasteiger partial charge < -0.3 is 19.1 Å². The quantitative estimate of drug-likeness (QED) is 0.854. The first-order chi connectivity index (χ1) is 10.3. The highest BCUT2D eigenvalue weighted by atomic mass is 16.6. The fraction of sp³-hybridized carbons (Fsp3) is 0.333. The highest BCUT2D eigenvalue weighted by Gasteiger charge is 2.22. The number of hydrogen-bond donors (Lipinski definition) is 0. The van der Waals surface area contributed by atoms with E-state index in [4.69, 9.17) is 14.2 Å². The molecule has 110 valence electrons. The molecule has 1 aromatic carbocycles. The van der Waals surface area contributed by atoms with Crippen LogP contribution in [0.25, 0.3) is 0 Å². The third-order valence-corrected chi connectivity index (χ3v) is 3.21. The zero-order valence-corrected chi connectivity index (χ0v) is 12.0. The second-order valence-electron chi connectivity index (χ2n) is 4.78. The van der Waals surface area contributed by atoms with E-state index in [1.807, 2.05) is 36.2 Å². The average Bonchev–Trinajstić information content (AvgIpc) is 2.54. The maximum Gasteiger partial charge on any atom is 0.228 e. The van der Waals surface area contributed by atoms with Gasteiger partial charge in [-0.2, -0.15) is 4.98 Å². The van der Waals surface area contributed by atoms with Gasteiger partial charge in [-0.15, -0.1) is 0 Å². The first kappa shape index (κ1) is 13.5. The number of anilines is 1. The average molecular weight is 287 g/mol. The van der Waals surface area contributed by atoms with Crippen molar-refractivity contribution in [2.75, 3.05) is 32.2 Å². The van der Waals surface area contributed by atoms with Crippen LogP contribution < -0.4 is 19.1 Å². The number of para-hydroxylation sites is 2. The van der Waals surface area contributed by atoms with E-state index < -0.39 is 0 Å². The van der Waals surface area contributed by atoms with E-state index in [-0.39, 0.29) is 6.10 Å². The van der Waals surface area contributed by atoms with Crippen LogP contribution in [0.2, 0.25) is 0 Å². The number of fused-ring (bicyclic) bond motifs is 1. The molecular formula is C15H17N3O3. The second-order valence-corrected chi connectivity index (χ2v) is 4.78. The van der Waals surface area contributed by atoms with Crippen LogP contribution in [0.4, 0.5) is 5.95 Å². The Morgan fingerprint density at radius 2 is 2.10 bits per heavy atom. The van der Waals surface area contributed by atoms with Gasteiger partial charge in [0.15, 0.2) is 17.6 Å². The lowest BCUT2D eigenvalue weighted by atomic mass is 10.2. The van der Waals surface area contributed by atoms with Crippen molar-refractivity contribution in [3.8, 4) is 17.4 Å². The first-order valence-electron chi connectivity index (χ1n) is 6.73. The number of aromatic nitrogens is 2. The Balaban J connectivity index is 1.67. The molecular weight excluding hydrogens is 270 g/mol. The number of hydrogen-bond acceptors (Lipinski definition) is 6. The van der Waals surface area contributed by atoms with E-state index in [2.05, 4.69) is 9.97 Å². The summed E-state index contributed by atoms with van der Waals surface area (Å²) >= 11 is 0. The van der Waals surface area contributed by atoms with Gasteiger partial charge in [0.25, 0.3) is 0 Å². The van der Waals surface area contributed by atoms with E-state index >= 15 is 0 Å². The first-order valence-corrected chi connectivity index (χ1v) is 6.73. The lowest BCUT2D eigenvalue weighted by molar-refractivity contribution is 0.0958. The summed E-state index contributed by atoms with van der Waals surface area (Å²) in [5.74, 6) is 2.69. The van der Waals surface area contributed by atoms with Crippen molar-refractivity contribution in [2.45, 2.75) is 6.10 Å². The Kier molecular flexibility index (Phi) is 3.77. The Morgan fingerprint density at radius 3 is 2.90 bits per heavy atom. The third kappa shape index (κ3) is 2.99. The van der Waals surface area contributed by atoms with Gasteiger partial charge in [0, 0.05) is 19.3 Å². The Labute approximate surface area is 123 Å². The number of benzene rings is 1. The van der Waals surface area contributed by atoms with E-state index in [0.717, 1.165) is 11.5 Å². The van der Waals surface area contributed by atoms with Crippen molar-refractivity contribution in [1.82, 2.24) is 9.97 Å². The Morgan fingerprint density at radius 1 is 1.29 bits per heavy atom. The van der Waals surface area contributed by atoms with Crippen LogP contribution in [0.3, 0.4) is 0 Å². The number of likely N-dealkylation sites (N-methyl/N-ethyl adjacent to an activating group) is 1. The summed E-state index contributed by atoms with van der Waals surface area (Å²) in [5, 5.41) is 0. The molecule has 1 aliphatic rings. The standard InChI is InChI=1S/C15H17N3O3/c1-18(15-16-8-7-14(17-15)19-2)9-11-10-20-12-5-3-4-6-13(12)21-11/h3-8,11H,9-10H2,1-2H3. The van der Waals surface area contributed by atoms with E-state index in [9.17, 15) is 0 Å². The van der Waals surface area contributed by atoms with Gasteiger partial charge in [-0.3, -0.25) is 0 Å². The Hall–Kier alpha value is -2.50. The van der Waals surface area contributed by atoms with Crippen molar-refractivity contribution in [2.24, 2.45) is 0 Å². The molecule has 1 atom stereocenters. The number of methoxy groups -OCH3 is 1. The van der Waals surface area contributed by atoms with Crippen LogP contribution in [0, 0.1) is 0 Å². The molecule has 1 aromatic heterocycles. The molecule has 0 aliphatic carbocycles. The molecule has 0 saturated heterocycles. The normalized spacial score (nSPS) is 16.4. The Bertz CT molecular complexity index is 621. The lowest BCUT2D eigenvalue weighted by Gasteiger charge is -2.29. The molecule has 2 aromatic rings. The predicted molar refractivity (Wildman–Crippen MR) is 78.2 cm³/mol. The molecule has 1 unspecified atom stereocenters. The minimum Gasteiger partial charge on any atom is -0.486 e. The third-order valence-electron chi connectivity index (χ3n) is 3.21. The van der Waals surface area contributed by atoms with Crippen molar-refractivity contribution >= 4 is 5.95 Å². The van der Waals surface area contributed by atoms with Crippen LogP contribution in [0.15, 0.2) is 36.5 Å². The molecule has 3 rings (SSSR count). The van der Waals surface area contributed by atoms with E-state index in [0.29, 0.717) is 25.0 Å². The molecule has 21 heavy (non-hydrogen) atoms. The van der Waals surface area contributed by atoms with Gasteiger partial charge >= 0.3 is 0 Å². The summed E-state index contributed by atoms with van der Waals surface area (Å²) in [5.41, 5.74) is 0. The fourth-order valence-corrected chi connectivity index (χ4v) is 2.17. The van der Waals surface area contributed by atoms with Crippen LogP contribution in [-0.2, 0) is 0 Å². The minimum absolute atomic E-state index is 0.0697. The zero-order valence-electron chi connectivity index (χ0n) is 12.0. The maximum absolute atomic E-state index is 5.93. The maximum atomic E-state index is 5.93. The van der Waals surface area contributed by atoms with Gasteiger partial charge in [0.05, 0.1) is 13.7 Å². The van der Waals surface area contributed by atoms with E-state index in [1.54, 1.807) is 19.4 Å². The molecule has 0 amide bonds. The van der Waals surface area contributed by atoms with Crippen LogP contribution in [-0.4, -0.2) is 43.4 Å². The number of nitrogens with zero attached hydrogens (tertiary/aromatic N) is 3. The molecule has 2 heterocycles. The van der Waals surface area contributed by atoms with Gasteiger partial charge in [-0.25, -0.2) is 4.98 Å². The van der Waals surface area contributed by atoms with Crippen molar-refractivity contribution in [3.05, 3.63) is 36.5 Å². The van der Waals surface area contributed by atoms with Gasteiger partial charge in [0.1, 0.15) is 6.61 Å².